The van der Waals surface area contributed by atoms with Gasteiger partial charge in [0, 0.05) is 4.88 Å². The smallest absolute Gasteiger partial charge is 0.279 e. The fraction of sp³-hybridized carbons (Fsp3) is 0.562. The average molecular weight is 367 g/mol. The lowest BCUT2D eigenvalue weighted by Crippen LogP contribution is -2.46. The van der Waals surface area contributed by atoms with E-state index in [0.29, 0.717) is 22.4 Å². The summed E-state index contributed by atoms with van der Waals surface area (Å²) in [4.78, 5) is 38.9. The van der Waals surface area contributed by atoms with Crippen molar-refractivity contribution in [1.29, 1.82) is 0 Å². The van der Waals surface area contributed by atoms with Crippen molar-refractivity contribution in [3.05, 3.63) is 21.4 Å². The highest BCUT2D eigenvalue weighted by molar-refractivity contribution is 8.00. The van der Waals surface area contributed by atoms with Gasteiger partial charge in [-0.15, -0.1) is 23.1 Å². The fourth-order valence-corrected chi connectivity index (χ4v) is 5.01. The molecule has 0 bridgehead atoms. The van der Waals surface area contributed by atoms with E-state index in [9.17, 15) is 14.4 Å². The van der Waals surface area contributed by atoms with Crippen LogP contribution in [-0.4, -0.2) is 40.8 Å². The van der Waals surface area contributed by atoms with E-state index in [2.05, 4.69) is 17.8 Å². The Hall–Kier alpha value is -1.54. The quantitative estimate of drug-likeness (QED) is 0.792. The number of aryl methyl sites for hydroxylation is 1. The average Bonchev–Trinajstić information content (AvgIpc) is 3.18. The summed E-state index contributed by atoms with van der Waals surface area (Å²) in [5, 5.41) is 0. The summed E-state index contributed by atoms with van der Waals surface area (Å²) in [5.74, 6) is 0.927. The molecule has 1 aromatic rings. The Balaban J connectivity index is 1.51. The molecule has 1 aliphatic heterocycles. The zero-order valence-corrected chi connectivity index (χ0v) is 15.2. The Morgan fingerprint density at radius 1 is 1.38 bits per heavy atom. The number of carbonyl (C=O) groups excluding carboxylic acids is 3. The number of nitrogens with zero attached hydrogens (tertiary/aromatic N) is 1. The SMILES string of the molecule is CC[C@H]1CCc2sc(C(=O)NNC(=O)CN3CSCC3=O)cc2C1. The van der Waals surface area contributed by atoms with Gasteiger partial charge in [-0.25, -0.2) is 0 Å². The van der Waals surface area contributed by atoms with E-state index in [1.54, 1.807) is 0 Å². The van der Waals surface area contributed by atoms with Gasteiger partial charge >= 0.3 is 0 Å². The highest BCUT2D eigenvalue weighted by Crippen LogP contribution is 2.33. The predicted octanol–water partition coefficient (Wildman–Crippen LogP) is 1.56. The van der Waals surface area contributed by atoms with Crippen molar-refractivity contribution in [2.75, 3.05) is 18.2 Å². The molecule has 24 heavy (non-hydrogen) atoms. The molecular formula is C16H21N3O3S2. The molecule has 0 aromatic carbocycles. The van der Waals surface area contributed by atoms with Crippen LogP contribution in [0.3, 0.4) is 0 Å². The van der Waals surface area contributed by atoms with E-state index in [1.807, 2.05) is 6.07 Å². The molecule has 1 aromatic heterocycles. The van der Waals surface area contributed by atoms with Crippen LogP contribution >= 0.6 is 23.1 Å². The molecule has 6 nitrogen and oxygen atoms in total. The van der Waals surface area contributed by atoms with Crippen LogP contribution in [0.1, 0.15) is 39.9 Å². The Kier molecular flexibility index (Phi) is 5.45. The third kappa shape index (κ3) is 3.92. The van der Waals surface area contributed by atoms with Crippen molar-refractivity contribution in [1.82, 2.24) is 15.8 Å². The van der Waals surface area contributed by atoms with Crippen molar-refractivity contribution in [2.45, 2.75) is 32.6 Å². The maximum atomic E-state index is 12.2. The summed E-state index contributed by atoms with van der Waals surface area (Å²) >= 11 is 2.99. The number of hydrazine groups is 1. The minimum atomic E-state index is -0.383. The molecule has 0 saturated carbocycles. The number of carbonyl (C=O) groups is 3. The molecular weight excluding hydrogens is 346 g/mol. The molecule has 1 saturated heterocycles. The summed E-state index contributed by atoms with van der Waals surface area (Å²) in [6.45, 7) is 2.18. The second kappa shape index (κ2) is 7.57. The molecule has 0 radical (unpaired) electrons. The fourth-order valence-electron chi connectivity index (χ4n) is 3.00. The summed E-state index contributed by atoms with van der Waals surface area (Å²) in [6, 6.07) is 1.95. The molecule has 0 spiro atoms. The third-order valence-corrected chi connectivity index (χ3v) is 6.64. The second-order valence-electron chi connectivity index (χ2n) is 6.15. The van der Waals surface area contributed by atoms with Gasteiger partial charge in [-0.1, -0.05) is 13.3 Å². The Morgan fingerprint density at radius 3 is 2.92 bits per heavy atom. The first kappa shape index (κ1) is 17.3. The monoisotopic (exact) mass is 367 g/mol. The molecule has 0 unspecified atom stereocenters. The highest BCUT2D eigenvalue weighted by atomic mass is 32.2. The van der Waals surface area contributed by atoms with E-state index in [0.717, 1.165) is 12.8 Å². The van der Waals surface area contributed by atoms with Crippen molar-refractivity contribution in [3.8, 4) is 0 Å². The van der Waals surface area contributed by atoms with Gasteiger partial charge in [0.25, 0.3) is 11.8 Å². The van der Waals surface area contributed by atoms with Gasteiger partial charge in [-0.2, -0.15) is 0 Å². The molecule has 2 aliphatic rings. The highest BCUT2D eigenvalue weighted by Gasteiger charge is 2.24. The first-order valence-corrected chi connectivity index (χ1v) is 10.1. The van der Waals surface area contributed by atoms with Crippen molar-refractivity contribution in [2.24, 2.45) is 5.92 Å². The Labute approximate surface area is 149 Å². The van der Waals surface area contributed by atoms with Crippen molar-refractivity contribution < 1.29 is 14.4 Å². The number of rotatable bonds is 4. The van der Waals surface area contributed by atoms with Crippen LogP contribution in [0.25, 0.3) is 0 Å². The van der Waals surface area contributed by atoms with Crippen LogP contribution in [0.4, 0.5) is 0 Å². The van der Waals surface area contributed by atoms with Crippen LogP contribution in [0, 0.1) is 5.92 Å². The number of hydrogen-bond acceptors (Lipinski definition) is 5. The first-order valence-electron chi connectivity index (χ1n) is 8.13. The van der Waals surface area contributed by atoms with Gasteiger partial charge in [0.1, 0.15) is 6.54 Å². The molecule has 8 heteroatoms. The predicted molar refractivity (Wildman–Crippen MR) is 94.8 cm³/mol. The summed E-state index contributed by atoms with van der Waals surface area (Å²) < 4.78 is 0. The first-order chi connectivity index (χ1) is 11.6. The lowest BCUT2D eigenvalue weighted by Gasteiger charge is -2.19. The van der Waals surface area contributed by atoms with Gasteiger partial charge in [0.15, 0.2) is 0 Å². The molecule has 3 rings (SSSR count). The second-order valence-corrected chi connectivity index (χ2v) is 8.24. The minimum absolute atomic E-state index is 0.0226. The number of nitrogens with one attached hydrogen (secondary N) is 2. The van der Waals surface area contributed by atoms with Gasteiger partial charge in [-0.05, 0) is 36.8 Å². The van der Waals surface area contributed by atoms with Crippen LogP contribution in [0.5, 0.6) is 0 Å². The largest absolute Gasteiger partial charge is 0.323 e. The molecule has 2 heterocycles. The van der Waals surface area contributed by atoms with E-state index in [-0.39, 0.29) is 24.3 Å². The van der Waals surface area contributed by atoms with Gasteiger partial charge in [-0.3, -0.25) is 25.2 Å². The van der Waals surface area contributed by atoms with Crippen LogP contribution in [0.2, 0.25) is 0 Å². The van der Waals surface area contributed by atoms with E-state index >= 15 is 0 Å². The van der Waals surface area contributed by atoms with Crippen molar-refractivity contribution in [3.63, 3.8) is 0 Å². The molecule has 1 aliphatic carbocycles. The Morgan fingerprint density at radius 2 is 2.21 bits per heavy atom. The zero-order valence-electron chi connectivity index (χ0n) is 13.6. The zero-order chi connectivity index (χ0) is 17.1. The molecule has 2 N–H and O–H groups in total. The summed E-state index contributed by atoms with van der Waals surface area (Å²) in [7, 11) is 0. The third-order valence-electron chi connectivity index (χ3n) is 4.46. The molecule has 1 atom stereocenters. The number of thiophene rings is 1. The number of thioether (sulfide) groups is 1. The van der Waals surface area contributed by atoms with Gasteiger partial charge < -0.3 is 4.90 Å². The van der Waals surface area contributed by atoms with Crippen LogP contribution in [0.15, 0.2) is 6.07 Å². The van der Waals surface area contributed by atoms with Crippen LogP contribution in [-0.2, 0) is 22.4 Å². The number of hydrogen-bond donors (Lipinski definition) is 2. The van der Waals surface area contributed by atoms with Gasteiger partial charge in [0.05, 0.1) is 16.5 Å². The maximum absolute atomic E-state index is 12.2. The summed E-state index contributed by atoms with van der Waals surface area (Å²) in [5.41, 5.74) is 6.12. The number of amides is 3. The number of fused-ring (bicyclic) bond motifs is 1. The normalized spacial score (nSPS) is 20.0. The van der Waals surface area contributed by atoms with Crippen LogP contribution < -0.4 is 10.9 Å². The van der Waals surface area contributed by atoms with E-state index in [4.69, 9.17) is 0 Å². The summed E-state index contributed by atoms with van der Waals surface area (Å²) in [6.07, 6.45) is 4.42. The lowest BCUT2D eigenvalue weighted by molar-refractivity contribution is -0.132. The maximum Gasteiger partial charge on any atom is 0.279 e. The lowest BCUT2D eigenvalue weighted by atomic mass is 9.87. The molecule has 1 fully saturated rings. The molecule has 3 amide bonds. The van der Waals surface area contributed by atoms with Crippen molar-refractivity contribution >= 4 is 40.8 Å². The van der Waals surface area contributed by atoms with Gasteiger partial charge in [0.2, 0.25) is 5.91 Å². The van der Waals surface area contributed by atoms with E-state index in [1.165, 1.54) is 51.3 Å². The van der Waals surface area contributed by atoms with E-state index < -0.39 is 0 Å². The topological polar surface area (TPSA) is 78.5 Å². The minimum Gasteiger partial charge on any atom is -0.323 e. The standard InChI is InChI=1S/C16H21N3O3S2/c1-2-10-3-4-12-11(5-10)6-13(24-12)16(22)18-17-14(20)7-19-9-23-8-15(19)21/h6,10H,2-5,7-9H2,1H3,(H,17,20)(H,18,22)/t10-/m0/s1. The molecule has 130 valence electrons. The Bertz CT molecular complexity index is 659.